The highest BCUT2D eigenvalue weighted by Crippen LogP contribution is 2.35. The molecule has 3 N–H and O–H groups in total. The first-order chi connectivity index (χ1) is 12.0. The highest BCUT2D eigenvalue weighted by Gasteiger charge is 2.19. The Morgan fingerprint density at radius 3 is 1.77 bits per heavy atom. The van der Waals surface area contributed by atoms with Gasteiger partial charge in [0.25, 0.3) is 5.91 Å². The van der Waals surface area contributed by atoms with Gasteiger partial charge in [-0.3, -0.25) is 4.79 Å². The topological polar surface area (TPSA) is 55.1 Å². The summed E-state index contributed by atoms with van der Waals surface area (Å²) in [6.45, 7) is 15.0. The standard InChI is InChI=1S/C23H32N2O/c1-14(2)19-12-18(24)13-20(15(3)4)21(19)25-22(26)16-8-10-17(11-9-16)23(5,6)7/h8-15H,24H2,1-7H3,(H,25,26). The molecule has 0 aromatic heterocycles. The van der Waals surface area contributed by atoms with Crippen LogP contribution in [0.4, 0.5) is 11.4 Å². The summed E-state index contributed by atoms with van der Waals surface area (Å²) < 4.78 is 0. The quantitative estimate of drug-likeness (QED) is 0.657. The maximum Gasteiger partial charge on any atom is 0.255 e. The van der Waals surface area contributed by atoms with Gasteiger partial charge in [-0.2, -0.15) is 0 Å². The molecule has 0 bridgehead atoms. The van der Waals surface area contributed by atoms with Crippen molar-refractivity contribution in [3.63, 3.8) is 0 Å². The Labute approximate surface area is 158 Å². The van der Waals surface area contributed by atoms with Gasteiger partial charge in [-0.05, 0) is 58.2 Å². The number of amides is 1. The van der Waals surface area contributed by atoms with Gasteiger partial charge in [0.1, 0.15) is 0 Å². The Balaban J connectivity index is 2.39. The van der Waals surface area contributed by atoms with Gasteiger partial charge in [-0.25, -0.2) is 0 Å². The fourth-order valence-electron chi connectivity index (χ4n) is 3.07. The molecule has 0 heterocycles. The van der Waals surface area contributed by atoms with Crippen LogP contribution in [0.15, 0.2) is 36.4 Å². The lowest BCUT2D eigenvalue weighted by atomic mass is 9.86. The Kier molecular flexibility index (Phi) is 5.80. The number of hydrogen-bond donors (Lipinski definition) is 2. The van der Waals surface area contributed by atoms with Gasteiger partial charge in [0.2, 0.25) is 0 Å². The molecule has 1 amide bonds. The van der Waals surface area contributed by atoms with Gasteiger partial charge in [0.15, 0.2) is 0 Å². The molecule has 3 nitrogen and oxygen atoms in total. The number of carbonyl (C=O) groups is 1. The summed E-state index contributed by atoms with van der Waals surface area (Å²) in [6, 6.07) is 11.8. The molecule has 2 aromatic rings. The largest absolute Gasteiger partial charge is 0.399 e. The summed E-state index contributed by atoms with van der Waals surface area (Å²) in [4.78, 5) is 12.9. The molecule has 0 saturated carbocycles. The first-order valence-corrected chi connectivity index (χ1v) is 9.36. The minimum Gasteiger partial charge on any atom is -0.399 e. The van der Waals surface area contributed by atoms with Gasteiger partial charge in [-0.1, -0.05) is 60.6 Å². The summed E-state index contributed by atoms with van der Waals surface area (Å²) in [7, 11) is 0. The van der Waals surface area contributed by atoms with Crippen LogP contribution in [0.3, 0.4) is 0 Å². The van der Waals surface area contributed by atoms with Crippen molar-refractivity contribution in [2.45, 2.75) is 65.7 Å². The smallest absolute Gasteiger partial charge is 0.255 e. The summed E-state index contributed by atoms with van der Waals surface area (Å²) in [5, 5.41) is 3.15. The van der Waals surface area contributed by atoms with E-state index in [4.69, 9.17) is 5.73 Å². The molecule has 140 valence electrons. The molecule has 0 aliphatic heterocycles. The first kappa shape index (κ1) is 20.0. The zero-order chi connectivity index (χ0) is 19.6. The van der Waals surface area contributed by atoms with Crippen LogP contribution in [0, 0.1) is 0 Å². The number of rotatable bonds is 4. The maximum atomic E-state index is 12.9. The Bertz CT molecular complexity index is 752. The zero-order valence-corrected chi connectivity index (χ0v) is 17.1. The van der Waals surface area contributed by atoms with Gasteiger partial charge in [0, 0.05) is 16.9 Å². The van der Waals surface area contributed by atoms with E-state index in [1.165, 1.54) is 5.56 Å². The first-order valence-electron chi connectivity index (χ1n) is 9.36. The van der Waals surface area contributed by atoms with Gasteiger partial charge in [-0.15, -0.1) is 0 Å². The summed E-state index contributed by atoms with van der Waals surface area (Å²) in [6.07, 6.45) is 0. The van der Waals surface area contributed by atoms with Crippen molar-refractivity contribution < 1.29 is 4.79 Å². The van der Waals surface area contributed by atoms with E-state index in [0.717, 1.165) is 22.5 Å². The van der Waals surface area contributed by atoms with E-state index in [-0.39, 0.29) is 23.2 Å². The number of nitrogen functional groups attached to an aromatic ring is 1. The van der Waals surface area contributed by atoms with Crippen LogP contribution < -0.4 is 11.1 Å². The lowest BCUT2D eigenvalue weighted by molar-refractivity contribution is 0.102. The normalized spacial score (nSPS) is 11.9. The number of benzene rings is 2. The van der Waals surface area contributed by atoms with Crippen molar-refractivity contribution in [3.05, 3.63) is 58.7 Å². The second-order valence-electron chi connectivity index (χ2n) is 8.67. The fraction of sp³-hybridized carbons (Fsp3) is 0.435. The van der Waals surface area contributed by atoms with Crippen LogP contribution in [0.5, 0.6) is 0 Å². The van der Waals surface area contributed by atoms with Crippen molar-refractivity contribution in [2.24, 2.45) is 0 Å². The average molecular weight is 353 g/mol. The van der Waals surface area contributed by atoms with Gasteiger partial charge in [0.05, 0.1) is 0 Å². The molecule has 3 heteroatoms. The minimum atomic E-state index is -0.0842. The number of anilines is 2. The van der Waals surface area contributed by atoms with Crippen molar-refractivity contribution in [1.82, 2.24) is 0 Å². The molecule has 2 aromatic carbocycles. The summed E-state index contributed by atoms with van der Waals surface area (Å²) >= 11 is 0. The van der Waals surface area contributed by atoms with E-state index in [0.29, 0.717) is 5.56 Å². The number of hydrogen-bond acceptors (Lipinski definition) is 2. The van der Waals surface area contributed by atoms with Crippen LogP contribution >= 0.6 is 0 Å². The third-order valence-electron chi connectivity index (χ3n) is 4.72. The lowest BCUT2D eigenvalue weighted by Gasteiger charge is -2.22. The molecule has 0 atom stereocenters. The van der Waals surface area contributed by atoms with Crippen molar-refractivity contribution in [1.29, 1.82) is 0 Å². The van der Waals surface area contributed by atoms with Crippen molar-refractivity contribution in [3.8, 4) is 0 Å². The van der Waals surface area contributed by atoms with Gasteiger partial charge >= 0.3 is 0 Å². The van der Waals surface area contributed by atoms with Gasteiger partial charge < -0.3 is 11.1 Å². The monoisotopic (exact) mass is 352 g/mol. The molecule has 26 heavy (non-hydrogen) atoms. The second-order valence-corrected chi connectivity index (χ2v) is 8.67. The van der Waals surface area contributed by atoms with Crippen LogP contribution in [0.2, 0.25) is 0 Å². The molecule has 0 spiro atoms. The molecule has 0 unspecified atom stereocenters. The van der Waals surface area contributed by atoms with Crippen LogP contribution in [0.25, 0.3) is 0 Å². The Morgan fingerprint density at radius 1 is 0.923 bits per heavy atom. The molecule has 0 fully saturated rings. The average Bonchev–Trinajstić information content (AvgIpc) is 2.54. The maximum absolute atomic E-state index is 12.9. The molecule has 0 aliphatic rings. The highest BCUT2D eigenvalue weighted by atomic mass is 16.1. The predicted molar refractivity (Wildman–Crippen MR) is 112 cm³/mol. The molecule has 0 aliphatic carbocycles. The van der Waals surface area contributed by atoms with E-state index in [1.807, 2.05) is 36.4 Å². The van der Waals surface area contributed by atoms with Crippen molar-refractivity contribution >= 4 is 17.3 Å². The highest BCUT2D eigenvalue weighted by molar-refractivity contribution is 6.05. The molecular formula is C23H32N2O. The number of carbonyl (C=O) groups excluding carboxylic acids is 1. The van der Waals surface area contributed by atoms with E-state index in [9.17, 15) is 4.79 Å². The summed E-state index contributed by atoms with van der Waals surface area (Å²) in [5.74, 6) is 0.461. The van der Waals surface area contributed by atoms with Crippen LogP contribution in [-0.2, 0) is 5.41 Å². The van der Waals surface area contributed by atoms with E-state index in [1.54, 1.807) is 0 Å². The molecular weight excluding hydrogens is 320 g/mol. The SMILES string of the molecule is CC(C)c1cc(N)cc(C(C)C)c1NC(=O)c1ccc(C(C)(C)C)cc1. The third kappa shape index (κ3) is 4.46. The third-order valence-corrected chi connectivity index (χ3v) is 4.72. The Hall–Kier alpha value is -2.29. The molecule has 0 radical (unpaired) electrons. The van der Waals surface area contributed by atoms with E-state index >= 15 is 0 Å². The number of nitrogens with one attached hydrogen (secondary N) is 1. The zero-order valence-electron chi connectivity index (χ0n) is 17.1. The van der Waals surface area contributed by atoms with E-state index < -0.39 is 0 Å². The number of nitrogens with two attached hydrogens (primary N) is 1. The Morgan fingerprint density at radius 2 is 1.38 bits per heavy atom. The van der Waals surface area contributed by atoms with Crippen LogP contribution in [0.1, 0.15) is 87.4 Å². The predicted octanol–water partition coefficient (Wildman–Crippen LogP) is 6.07. The van der Waals surface area contributed by atoms with Crippen molar-refractivity contribution in [2.75, 3.05) is 11.1 Å². The minimum absolute atomic E-state index is 0.0710. The second kappa shape index (κ2) is 7.53. The molecule has 2 rings (SSSR count). The fourth-order valence-corrected chi connectivity index (χ4v) is 3.07. The van der Waals surface area contributed by atoms with Crippen LogP contribution in [-0.4, -0.2) is 5.91 Å². The summed E-state index contributed by atoms with van der Waals surface area (Å²) in [5.41, 5.74) is 11.8. The lowest BCUT2D eigenvalue weighted by Crippen LogP contribution is -2.17. The van der Waals surface area contributed by atoms with E-state index in [2.05, 4.69) is 53.8 Å². The molecule has 0 saturated heterocycles.